The quantitative estimate of drug-likeness (QED) is 0.573. The van der Waals surface area contributed by atoms with Gasteiger partial charge in [-0.25, -0.2) is 4.79 Å². The van der Waals surface area contributed by atoms with Gasteiger partial charge < -0.3 is 10.1 Å². The Morgan fingerprint density at radius 1 is 1.10 bits per heavy atom. The molecule has 2 aromatic rings. The molecule has 2 atom stereocenters. The van der Waals surface area contributed by atoms with Crippen LogP contribution in [-0.2, 0) is 16.1 Å². The number of likely N-dealkylation sites (tertiary alicyclic amines) is 1. The molecule has 2 aromatic carbocycles. The summed E-state index contributed by atoms with van der Waals surface area (Å²) in [5, 5.41) is 3.89. The molecule has 1 N–H and O–H groups in total. The molecule has 0 unspecified atom stereocenters. The molecule has 1 saturated carbocycles. The van der Waals surface area contributed by atoms with Gasteiger partial charge in [0.2, 0.25) is 0 Å². The number of methoxy groups -OCH3 is 1. The van der Waals surface area contributed by atoms with Crippen molar-refractivity contribution in [2.24, 2.45) is 0 Å². The summed E-state index contributed by atoms with van der Waals surface area (Å²) in [5.41, 5.74) is 3.81. The maximum Gasteiger partial charge on any atom is 0.330 e. The molecule has 1 aliphatic carbocycles. The van der Waals surface area contributed by atoms with E-state index in [2.05, 4.69) is 69.6 Å². The Morgan fingerprint density at radius 3 is 2.52 bits per heavy atom. The molecule has 2 aliphatic rings. The van der Waals surface area contributed by atoms with Crippen LogP contribution in [0.15, 0.2) is 60.7 Å². The van der Waals surface area contributed by atoms with Crippen LogP contribution in [0.25, 0.3) is 6.08 Å². The Labute approximate surface area is 173 Å². The molecule has 0 amide bonds. The zero-order valence-electron chi connectivity index (χ0n) is 17.1. The van der Waals surface area contributed by atoms with E-state index in [0.29, 0.717) is 18.0 Å². The van der Waals surface area contributed by atoms with Gasteiger partial charge in [0.1, 0.15) is 0 Å². The number of esters is 1. The number of piperidine rings is 1. The SMILES string of the molecule is COC(=O)/C=C/c1ccc(CN2CCC(N[C@@H]3C[C@H]3c3ccccc3)CC2)cc1. The molecule has 152 valence electrons. The van der Waals surface area contributed by atoms with Crippen molar-refractivity contribution in [3.8, 4) is 0 Å². The Kier molecular flexibility index (Phi) is 6.43. The normalized spacial score (nSPS) is 22.7. The summed E-state index contributed by atoms with van der Waals surface area (Å²) in [6.45, 7) is 3.28. The molecule has 0 bridgehead atoms. The molecule has 1 heterocycles. The van der Waals surface area contributed by atoms with E-state index in [-0.39, 0.29) is 5.97 Å². The standard InChI is InChI=1S/C25H30N2O2/c1-29-25(28)12-11-19-7-9-20(10-8-19)18-27-15-13-22(14-16-27)26-24-17-23(24)21-5-3-2-4-6-21/h2-12,22-24,26H,13-18H2,1H3/b12-11+/t23-,24+/m0/s1. The molecule has 0 radical (unpaired) electrons. The average Bonchev–Trinajstić information content (AvgIpc) is 3.54. The first-order chi connectivity index (χ1) is 14.2. The third kappa shape index (κ3) is 5.55. The predicted octanol–water partition coefficient (Wildman–Crippen LogP) is 3.98. The summed E-state index contributed by atoms with van der Waals surface area (Å²) >= 11 is 0. The molecule has 0 spiro atoms. The molecule has 0 aromatic heterocycles. The van der Waals surface area contributed by atoms with E-state index in [9.17, 15) is 4.79 Å². The Morgan fingerprint density at radius 2 is 1.83 bits per heavy atom. The number of carbonyl (C=O) groups is 1. The third-order valence-electron chi connectivity index (χ3n) is 6.05. The van der Waals surface area contributed by atoms with E-state index in [0.717, 1.165) is 25.2 Å². The largest absolute Gasteiger partial charge is 0.466 e. The molecule has 4 nitrogen and oxygen atoms in total. The van der Waals surface area contributed by atoms with Crippen molar-refractivity contribution in [2.75, 3.05) is 20.2 Å². The maximum absolute atomic E-state index is 11.2. The summed E-state index contributed by atoms with van der Waals surface area (Å²) in [6, 6.07) is 20.6. The lowest BCUT2D eigenvalue weighted by Gasteiger charge is -2.32. The minimum absolute atomic E-state index is 0.327. The van der Waals surface area contributed by atoms with Crippen LogP contribution in [0.1, 0.15) is 41.9 Å². The highest BCUT2D eigenvalue weighted by Crippen LogP contribution is 2.41. The van der Waals surface area contributed by atoms with Crippen LogP contribution in [-0.4, -0.2) is 43.2 Å². The van der Waals surface area contributed by atoms with Crippen LogP contribution in [0.5, 0.6) is 0 Å². The Hall–Kier alpha value is -2.43. The highest BCUT2D eigenvalue weighted by molar-refractivity contribution is 5.86. The number of nitrogens with zero attached hydrogens (tertiary/aromatic N) is 1. The topological polar surface area (TPSA) is 41.6 Å². The van der Waals surface area contributed by atoms with Crippen molar-refractivity contribution in [1.29, 1.82) is 0 Å². The molecule has 4 rings (SSSR count). The van der Waals surface area contributed by atoms with E-state index in [1.54, 1.807) is 6.08 Å². The van der Waals surface area contributed by atoms with E-state index in [1.807, 2.05) is 0 Å². The number of carbonyl (C=O) groups excluding carboxylic acids is 1. The number of rotatable bonds is 7. The monoisotopic (exact) mass is 390 g/mol. The van der Waals surface area contributed by atoms with Crippen molar-refractivity contribution in [1.82, 2.24) is 10.2 Å². The van der Waals surface area contributed by atoms with Gasteiger partial charge >= 0.3 is 5.97 Å². The van der Waals surface area contributed by atoms with Crippen molar-refractivity contribution >= 4 is 12.0 Å². The molecular weight excluding hydrogens is 360 g/mol. The van der Waals surface area contributed by atoms with Crippen molar-refractivity contribution < 1.29 is 9.53 Å². The number of ether oxygens (including phenoxy) is 1. The second-order valence-corrected chi connectivity index (χ2v) is 8.17. The van der Waals surface area contributed by atoms with Crippen LogP contribution in [0.2, 0.25) is 0 Å². The van der Waals surface area contributed by atoms with Gasteiger partial charge in [0, 0.05) is 30.6 Å². The first-order valence-corrected chi connectivity index (χ1v) is 10.6. The Balaban J connectivity index is 1.19. The Bertz CT molecular complexity index is 824. The highest BCUT2D eigenvalue weighted by Gasteiger charge is 2.39. The molecule has 1 saturated heterocycles. The summed E-state index contributed by atoms with van der Waals surface area (Å²) in [6.07, 6.45) is 6.96. The smallest absolute Gasteiger partial charge is 0.330 e. The van der Waals surface area contributed by atoms with Crippen molar-refractivity contribution in [3.05, 3.63) is 77.4 Å². The third-order valence-corrected chi connectivity index (χ3v) is 6.05. The number of hydrogen-bond acceptors (Lipinski definition) is 4. The zero-order valence-corrected chi connectivity index (χ0v) is 17.1. The second-order valence-electron chi connectivity index (χ2n) is 8.17. The van der Waals surface area contributed by atoms with Gasteiger partial charge in [0.05, 0.1) is 7.11 Å². The minimum atomic E-state index is -0.327. The fraction of sp³-hybridized carbons (Fsp3) is 0.400. The molecule has 1 aliphatic heterocycles. The minimum Gasteiger partial charge on any atom is -0.466 e. The van der Waals surface area contributed by atoms with Crippen molar-refractivity contribution in [2.45, 2.75) is 43.8 Å². The average molecular weight is 391 g/mol. The first-order valence-electron chi connectivity index (χ1n) is 10.6. The highest BCUT2D eigenvalue weighted by atomic mass is 16.5. The van der Waals surface area contributed by atoms with Crippen LogP contribution in [0, 0.1) is 0 Å². The van der Waals surface area contributed by atoms with Crippen LogP contribution in [0.3, 0.4) is 0 Å². The lowest BCUT2D eigenvalue weighted by atomic mass is 10.0. The van der Waals surface area contributed by atoms with Gasteiger partial charge in [-0.1, -0.05) is 54.6 Å². The fourth-order valence-electron chi connectivity index (χ4n) is 4.23. The fourth-order valence-corrected chi connectivity index (χ4v) is 4.23. The molecule has 2 fully saturated rings. The lowest BCUT2D eigenvalue weighted by Crippen LogP contribution is -2.43. The van der Waals surface area contributed by atoms with Gasteiger partial charge in [0.25, 0.3) is 0 Å². The second kappa shape index (κ2) is 9.38. The van der Waals surface area contributed by atoms with Crippen LogP contribution < -0.4 is 5.32 Å². The first kappa shape index (κ1) is 19.9. The van der Waals surface area contributed by atoms with E-state index in [4.69, 9.17) is 0 Å². The zero-order chi connectivity index (χ0) is 20.1. The predicted molar refractivity (Wildman–Crippen MR) is 117 cm³/mol. The lowest BCUT2D eigenvalue weighted by molar-refractivity contribution is -0.134. The molecule has 4 heteroatoms. The number of benzene rings is 2. The molecule has 29 heavy (non-hydrogen) atoms. The van der Waals surface area contributed by atoms with E-state index in [1.165, 1.54) is 43.6 Å². The van der Waals surface area contributed by atoms with E-state index < -0.39 is 0 Å². The summed E-state index contributed by atoms with van der Waals surface area (Å²) in [5.74, 6) is 0.382. The van der Waals surface area contributed by atoms with Crippen LogP contribution >= 0.6 is 0 Å². The number of nitrogens with one attached hydrogen (secondary N) is 1. The summed E-state index contributed by atoms with van der Waals surface area (Å²) in [7, 11) is 1.39. The summed E-state index contributed by atoms with van der Waals surface area (Å²) < 4.78 is 4.62. The van der Waals surface area contributed by atoms with Gasteiger partial charge in [-0.3, -0.25) is 4.90 Å². The van der Waals surface area contributed by atoms with E-state index >= 15 is 0 Å². The van der Waals surface area contributed by atoms with Crippen molar-refractivity contribution in [3.63, 3.8) is 0 Å². The van der Waals surface area contributed by atoms with Crippen LogP contribution in [0.4, 0.5) is 0 Å². The van der Waals surface area contributed by atoms with Gasteiger partial charge in [-0.15, -0.1) is 0 Å². The van der Waals surface area contributed by atoms with Gasteiger partial charge in [-0.05, 0) is 55.1 Å². The maximum atomic E-state index is 11.2. The molecular formula is C25H30N2O2. The van der Waals surface area contributed by atoms with Gasteiger partial charge in [0.15, 0.2) is 0 Å². The number of hydrogen-bond donors (Lipinski definition) is 1. The summed E-state index contributed by atoms with van der Waals surface area (Å²) in [4.78, 5) is 13.7. The van der Waals surface area contributed by atoms with Gasteiger partial charge in [-0.2, -0.15) is 0 Å².